The van der Waals surface area contributed by atoms with E-state index in [0.29, 0.717) is 5.92 Å². The number of Topliss-reactive ketones (excluding diaryl/α,β-unsaturated/α-hetero) is 1. The molecule has 2 aliphatic rings. The van der Waals surface area contributed by atoms with Crippen molar-refractivity contribution in [2.45, 2.75) is 44.6 Å². The summed E-state index contributed by atoms with van der Waals surface area (Å²) >= 11 is 3.58. The third kappa shape index (κ3) is 4.72. The standard InChI is InChI=1S/C25H28BrN3O3/c1-15-13-17(26)11-12-18(15)21-14-27-24(28-21)20-10-6-9-19(20)23(30)22(29-25(31)32-2)16-7-4-3-5-8-16/h3-5,7-8,11-12,14-15,19-20,22H,6,9-10,13H2,1-2H3,(H,27,28)(H,29,31)/t15?,19?,20-,22+/m1/s1. The third-order valence-electron chi connectivity index (χ3n) is 6.48. The molecule has 2 aliphatic carbocycles. The predicted octanol–water partition coefficient (Wildman–Crippen LogP) is 5.66. The van der Waals surface area contributed by atoms with Gasteiger partial charge in [-0.2, -0.15) is 0 Å². The number of methoxy groups -OCH3 is 1. The number of allylic oxidation sites excluding steroid dienone is 4. The number of imidazole rings is 1. The number of nitrogens with zero attached hydrogens (tertiary/aromatic N) is 1. The molecule has 0 spiro atoms. The van der Waals surface area contributed by atoms with E-state index in [-0.39, 0.29) is 17.6 Å². The first-order valence-corrected chi connectivity index (χ1v) is 11.8. The van der Waals surface area contributed by atoms with Crippen LogP contribution in [-0.4, -0.2) is 29.0 Å². The largest absolute Gasteiger partial charge is 0.453 e. The van der Waals surface area contributed by atoms with E-state index in [0.717, 1.165) is 42.8 Å². The highest BCUT2D eigenvalue weighted by Gasteiger charge is 2.40. The van der Waals surface area contributed by atoms with Gasteiger partial charge in [0.15, 0.2) is 5.78 Å². The van der Waals surface area contributed by atoms with Crippen LogP contribution >= 0.6 is 15.9 Å². The van der Waals surface area contributed by atoms with E-state index in [4.69, 9.17) is 4.74 Å². The van der Waals surface area contributed by atoms with Crippen LogP contribution in [-0.2, 0) is 9.53 Å². The number of alkyl carbamates (subject to hydrolysis) is 1. The summed E-state index contributed by atoms with van der Waals surface area (Å²) in [6, 6.07) is 8.59. The fourth-order valence-electron chi connectivity index (χ4n) is 4.82. The van der Waals surface area contributed by atoms with Gasteiger partial charge in [-0.25, -0.2) is 9.78 Å². The lowest BCUT2D eigenvalue weighted by Gasteiger charge is -2.24. The first kappa shape index (κ1) is 22.5. The maximum absolute atomic E-state index is 13.6. The number of carbonyl (C=O) groups is 2. The van der Waals surface area contributed by atoms with E-state index in [2.05, 4.69) is 50.3 Å². The lowest BCUT2D eigenvalue weighted by molar-refractivity contribution is -0.125. The van der Waals surface area contributed by atoms with Crippen molar-refractivity contribution in [3.63, 3.8) is 0 Å². The minimum absolute atomic E-state index is 0.000774. The Kier molecular flexibility index (Phi) is 6.94. The molecule has 1 heterocycles. The van der Waals surface area contributed by atoms with Gasteiger partial charge in [0.1, 0.15) is 11.9 Å². The zero-order chi connectivity index (χ0) is 22.7. The Morgan fingerprint density at radius 1 is 1.22 bits per heavy atom. The van der Waals surface area contributed by atoms with Crippen molar-refractivity contribution >= 4 is 33.4 Å². The number of aromatic amines is 1. The minimum Gasteiger partial charge on any atom is -0.453 e. The van der Waals surface area contributed by atoms with Gasteiger partial charge in [-0.05, 0) is 40.8 Å². The molecule has 0 aliphatic heterocycles. The maximum atomic E-state index is 13.6. The number of H-pyrrole nitrogens is 1. The van der Waals surface area contributed by atoms with Crippen molar-refractivity contribution in [2.24, 2.45) is 11.8 Å². The number of hydrogen-bond acceptors (Lipinski definition) is 4. The first-order chi connectivity index (χ1) is 15.5. The molecule has 0 saturated heterocycles. The number of ether oxygens (including phenoxy) is 1. The fourth-order valence-corrected chi connectivity index (χ4v) is 5.44. The number of hydrogen-bond donors (Lipinski definition) is 2. The number of halogens is 1. The number of amides is 1. The molecule has 2 unspecified atom stereocenters. The van der Waals surface area contributed by atoms with Crippen LogP contribution in [0.5, 0.6) is 0 Å². The Bertz CT molecular complexity index is 1040. The van der Waals surface area contributed by atoms with Crippen molar-refractivity contribution in [2.75, 3.05) is 7.11 Å². The zero-order valence-electron chi connectivity index (χ0n) is 18.3. The summed E-state index contributed by atoms with van der Waals surface area (Å²) in [4.78, 5) is 33.8. The summed E-state index contributed by atoms with van der Waals surface area (Å²) in [5.41, 5.74) is 2.99. The molecule has 2 aromatic rings. The number of nitrogens with one attached hydrogen (secondary N) is 2. The van der Waals surface area contributed by atoms with Gasteiger partial charge in [-0.1, -0.05) is 71.8 Å². The normalized spacial score (nSPS) is 23.8. The molecule has 1 saturated carbocycles. The minimum atomic E-state index is -0.743. The maximum Gasteiger partial charge on any atom is 0.407 e. The highest BCUT2D eigenvalue weighted by atomic mass is 79.9. The topological polar surface area (TPSA) is 84.1 Å². The second kappa shape index (κ2) is 9.86. The van der Waals surface area contributed by atoms with E-state index in [9.17, 15) is 9.59 Å². The summed E-state index contributed by atoms with van der Waals surface area (Å²) in [6.45, 7) is 2.20. The summed E-state index contributed by atoms with van der Waals surface area (Å²) < 4.78 is 5.97. The fraction of sp³-hybridized carbons (Fsp3) is 0.400. The molecule has 0 radical (unpaired) electrons. The van der Waals surface area contributed by atoms with Crippen LogP contribution in [0.25, 0.3) is 5.57 Å². The molecule has 0 bridgehead atoms. The lowest BCUT2D eigenvalue weighted by Crippen LogP contribution is -2.37. The second-order valence-electron chi connectivity index (χ2n) is 8.55. The average Bonchev–Trinajstić information content (AvgIpc) is 3.47. The van der Waals surface area contributed by atoms with E-state index >= 15 is 0 Å². The molecule has 32 heavy (non-hydrogen) atoms. The monoisotopic (exact) mass is 497 g/mol. The van der Waals surface area contributed by atoms with E-state index in [1.54, 1.807) is 0 Å². The molecule has 1 aromatic heterocycles. The highest BCUT2D eigenvalue weighted by molar-refractivity contribution is 9.11. The van der Waals surface area contributed by atoms with E-state index in [1.165, 1.54) is 17.2 Å². The second-order valence-corrected chi connectivity index (χ2v) is 9.57. The summed E-state index contributed by atoms with van der Waals surface area (Å²) in [6.07, 6.45) is 9.06. The van der Waals surface area contributed by atoms with Crippen LogP contribution < -0.4 is 5.32 Å². The van der Waals surface area contributed by atoms with Crippen molar-refractivity contribution < 1.29 is 14.3 Å². The first-order valence-electron chi connectivity index (χ1n) is 11.0. The Morgan fingerprint density at radius 3 is 2.72 bits per heavy atom. The smallest absolute Gasteiger partial charge is 0.407 e. The molecule has 6 nitrogen and oxygen atoms in total. The van der Waals surface area contributed by atoms with Crippen molar-refractivity contribution in [1.29, 1.82) is 0 Å². The number of benzene rings is 1. The van der Waals surface area contributed by atoms with Crippen molar-refractivity contribution in [1.82, 2.24) is 15.3 Å². The Balaban J connectivity index is 1.58. The number of aromatic nitrogens is 2. The molecular formula is C25H28BrN3O3. The molecule has 1 fully saturated rings. The lowest BCUT2D eigenvalue weighted by atomic mass is 9.85. The average molecular weight is 498 g/mol. The molecular weight excluding hydrogens is 470 g/mol. The molecule has 168 valence electrons. The van der Waals surface area contributed by atoms with E-state index in [1.807, 2.05) is 36.5 Å². The molecule has 7 heteroatoms. The van der Waals surface area contributed by atoms with Crippen molar-refractivity contribution in [3.8, 4) is 0 Å². The van der Waals surface area contributed by atoms with Crippen molar-refractivity contribution in [3.05, 3.63) is 70.2 Å². The predicted molar refractivity (Wildman–Crippen MR) is 127 cm³/mol. The van der Waals surface area contributed by atoms with Crippen LogP contribution in [0.15, 0.2) is 53.2 Å². The van der Waals surface area contributed by atoms with Gasteiger partial charge >= 0.3 is 6.09 Å². The van der Waals surface area contributed by atoms with Crippen LogP contribution in [0.1, 0.15) is 61.6 Å². The number of carbonyl (C=O) groups excluding carboxylic acids is 2. The van der Waals surface area contributed by atoms with Crippen LogP contribution in [0.4, 0.5) is 4.79 Å². The van der Waals surface area contributed by atoms with Gasteiger partial charge in [-0.15, -0.1) is 0 Å². The summed E-state index contributed by atoms with van der Waals surface area (Å²) in [5.74, 6) is 1.02. The Labute approximate surface area is 196 Å². The van der Waals surface area contributed by atoms with Gasteiger partial charge in [0.05, 0.1) is 19.0 Å². The van der Waals surface area contributed by atoms with Gasteiger partial charge < -0.3 is 15.0 Å². The van der Waals surface area contributed by atoms with Crippen LogP contribution in [0.3, 0.4) is 0 Å². The molecule has 1 amide bonds. The van der Waals surface area contributed by atoms with Gasteiger partial charge in [0.2, 0.25) is 0 Å². The van der Waals surface area contributed by atoms with Crippen LogP contribution in [0.2, 0.25) is 0 Å². The molecule has 4 rings (SSSR count). The van der Waals surface area contributed by atoms with E-state index < -0.39 is 12.1 Å². The quantitative estimate of drug-likeness (QED) is 0.538. The third-order valence-corrected chi connectivity index (χ3v) is 7.07. The van der Waals surface area contributed by atoms with Gasteiger partial charge in [0, 0.05) is 11.8 Å². The van der Waals surface area contributed by atoms with Gasteiger partial charge in [0.25, 0.3) is 0 Å². The van der Waals surface area contributed by atoms with Gasteiger partial charge in [-0.3, -0.25) is 4.79 Å². The summed E-state index contributed by atoms with van der Waals surface area (Å²) in [5, 5.41) is 2.74. The SMILES string of the molecule is COC(=O)N[C@H](C(=O)C1CCC[C@H]1c1ncc(C2=CC=C(Br)CC2C)[nH]1)c1ccccc1. The van der Waals surface area contributed by atoms with Crippen LogP contribution in [0, 0.1) is 11.8 Å². The Morgan fingerprint density at radius 2 is 2.00 bits per heavy atom. The number of ketones is 1. The highest BCUT2D eigenvalue weighted by Crippen LogP contribution is 2.42. The Hall–Kier alpha value is -2.67. The molecule has 2 N–H and O–H groups in total. The molecule has 4 atom stereocenters. The number of rotatable bonds is 6. The molecule has 1 aromatic carbocycles. The summed E-state index contributed by atoms with van der Waals surface area (Å²) in [7, 11) is 1.30. The zero-order valence-corrected chi connectivity index (χ0v) is 19.9.